The maximum atomic E-state index is 9.39. The van der Waals surface area contributed by atoms with Crippen molar-refractivity contribution in [1.82, 2.24) is 0 Å². The Morgan fingerprint density at radius 3 is 2.88 bits per heavy atom. The Balaban J connectivity index is 2.20. The van der Waals surface area contributed by atoms with Gasteiger partial charge in [-0.05, 0) is 25.5 Å². The number of hydrogen-bond donors (Lipinski definition) is 1. The lowest BCUT2D eigenvalue weighted by molar-refractivity contribution is 0.178. The summed E-state index contributed by atoms with van der Waals surface area (Å²) in [5.41, 5.74) is 0.159. The van der Waals surface area contributed by atoms with Crippen molar-refractivity contribution in [3.8, 4) is 6.07 Å². The minimum absolute atomic E-state index is 0.198. The predicted molar refractivity (Wildman–Crippen MR) is 68.0 cm³/mol. The van der Waals surface area contributed by atoms with Crippen LogP contribution < -0.4 is 5.32 Å². The van der Waals surface area contributed by atoms with Crippen molar-refractivity contribution in [3.63, 3.8) is 0 Å². The van der Waals surface area contributed by atoms with Crippen molar-refractivity contribution in [2.45, 2.75) is 18.9 Å². The van der Waals surface area contributed by atoms with E-state index in [1.807, 2.05) is 31.2 Å². The molecule has 1 aromatic carbocycles. The van der Waals surface area contributed by atoms with Gasteiger partial charge in [0.2, 0.25) is 0 Å². The first-order valence-corrected chi connectivity index (χ1v) is 6.05. The zero-order chi connectivity index (χ0) is 12.3. The number of halogens is 1. The lowest BCUT2D eigenvalue weighted by Gasteiger charge is -2.30. The molecule has 2 rings (SSSR count). The summed E-state index contributed by atoms with van der Waals surface area (Å²) in [6.45, 7) is 3.25. The van der Waals surface area contributed by atoms with Crippen molar-refractivity contribution >= 4 is 17.3 Å². The van der Waals surface area contributed by atoms with Gasteiger partial charge in [-0.3, -0.25) is 0 Å². The molecule has 0 aromatic heterocycles. The predicted octanol–water partition coefficient (Wildman–Crippen LogP) is 3.07. The summed E-state index contributed by atoms with van der Waals surface area (Å²) in [5, 5.41) is 13.3. The first-order chi connectivity index (χ1) is 8.15. The fourth-order valence-corrected chi connectivity index (χ4v) is 2.24. The van der Waals surface area contributed by atoms with Crippen LogP contribution in [0.3, 0.4) is 0 Å². The Kier molecular flexibility index (Phi) is 3.56. The molecule has 1 heterocycles. The number of anilines is 1. The number of nitriles is 1. The number of nitrogens with one attached hydrogen (secondary N) is 1. The first-order valence-electron chi connectivity index (χ1n) is 5.67. The highest BCUT2D eigenvalue weighted by Gasteiger charge is 2.37. The quantitative estimate of drug-likeness (QED) is 0.897. The van der Waals surface area contributed by atoms with E-state index in [4.69, 9.17) is 16.3 Å². The van der Waals surface area contributed by atoms with Gasteiger partial charge in [0, 0.05) is 12.5 Å². The third-order valence-electron chi connectivity index (χ3n) is 3.25. The van der Waals surface area contributed by atoms with Crippen molar-refractivity contribution in [2.75, 3.05) is 18.5 Å². The molecule has 1 aliphatic heterocycles. The summed E-state index contributed by atoms with van der Waals surface area (Å²) >= 11 is 6.09. The third-order valence-corrected chi connectivity index (χ3v) is 3.58. The lowest BCUT2D eigenvalue weighted by Crippen LogP contribution is -2.41. The number of para-hydroxylation sites is 1. The molecule has 0 aliphatic carbocycles. The first kappa shape index (κ1) is 12.2. The Labute approximate surface area is 106 Å². The highest BCUT2D eigenvalue weighted by Crippen LogP contribution is 2.31. The maximum Gasteiger partial charge on any atom is 0.127 e. The smallest absolute Gasteiger partial charge is 0.127 e. The summed E-state index contributed by atoms with van der Waals surface area (Å²) in [5.74, 6) is 0.198. The van der Waals surface area contributed by atoms with E-state index in [-0.39, 0.29) is 5.92 Å². The van der Waals surface area contributed by atoms with E-state index in [2.05, 4.69) is 11.4 Å². The number of nitrogens with zero attached hydrogens (tertiary/aromatic N) is 1. The number of benzene rings is 1. The SMILES string of the molecule is CC(C#N)(Nc1ccccc1Cl)C1CCOC1. The van der Waals surface area contributed by atoms with Crippen molar-refractivity contribution in [1.29, 1.82) is 5.26 Å². The molecule has 4 heteroatoms. The zero-order valence-corrected chi connectivity index (χ0v) is 10.5. The standard InChI is InChI=1S/C13H15ClN2O/c1-13(9-15,10-6-7-17-8-10)16-12-5-3-2-4-11(12)14/h2-5,10,16H,6-8H2,1H3. The maximum absolute atomic E-state index is 9.39. The highest BCUT2D eigenvalue weighted by atomic mass is 35.5. The molecule has 1 N–H and O–H groups in total. The summed E-state index contributed by atoms with van der Waals surface area (Å²) < 4.78 is 5.35. The summed E-state index contributed by atoms with van der Waals surface area (Å²) in [6, 6.07) is 9.81. The minimum Gasteiger partial charge on any atom is -0.381 e. The van der Waals surface area contributed by atoms with Crippen molar-refractivity contribution in [3.05, 3.63) is 29.3 Å². The van der Waals surface area contributed by atoms with Crippen LogP contribution in [0.15, 0.2) is 24.3 Å². The Hall–Kier alpha value is -1.24. The summed E-state index contributed by atoms with van der Waals surface area (Å²) in [7, 11) is 0. The molecule has 17 heavy (non-hydrogen) atoms. The fraction of sp³-hybridized carbons (Fsp3) is 0.462. The number of hydrogen-bond acceptors (Lipinski definition) is 3. The van der Waals surface area contributed by atoms with Crippen LogP contribution in [0.4, 0.5) is 5.69 Å². The average molecular weight is 251 g/mol. The lowest BCUT2D eigenvalue weighted by atomic mass is 9.86. The Morgan fingerprint density at radius 2 is 2.29 bits per heavy atom. The van der Waals surface area contributed by atoms with E-state index >= 15 is 0 Å². The average Bonchev–Trinajstić information content (AvgIpc) is 2.86. The molecule has 1 aliphatic rings. The van der Waals surface area contributed by atoms with E-state index in [1.54, 1.807) is 0 Å². The molecule has 1 saturated heterocycles. The van der Waals surface area contributed by atoms with Crippen LogP contribution in [0.2, 0.25) is 5.02 Å². The van der Waals surface area contributed by atoms with Gasteiger partial charge in [-0.1, -0.05) is 23.7 Å². The molecule has 90 valence electrons. The van der Waals surface area contributed by atoms with Crippen LogP contribution in [0.25, 0.3) is 0 Å². The van der Waals surface area contributed by atoms with Gasteiger partial charge >= 0.3 is 0 Å². The van der Waals surface area contributed by atoms with Crippen LogP contribution in [-0.2, 0) is 4.74 Å². The van der Waals surface area contributed by atoms with Gasteiger partial charge < -0.3 is 10.1 Å². The van der Waals surface area contributed by atoms with Gasteiger partial charge in [0.05, 0.1) is 23.4 Å². The number of rotatable bonds is 3. The van der Waals surface area contributed by atoms with Crippen LogP contribution in [0.1, 0.15) is 13.3 Å². The molecule has 3 nitrogen and oxygen atoms in total. The topological polar surface area (TPSA) is 45.0 Å². The fourth-order valence-electron chi connectivity index (χ4n) is 2.05. The molecule has 0 saturated carbocycles. The van der Waals surface area contributed by atoms with E-state index in [0.717, 1.165) is 18.7 Å². The van der Waals surface area contributed by atoms with E-state index < -0.39 is 5.54 Å². The van der Waals surface area contributed by atoms with E-state index in [9.17, 15) is 5.26 Å². The summed E-state index contributed by atoms with van der Waals surface area (Å²) in [4.78, 5) is 0. The zero-order valence-electron chi connectivity index (χ0n) is 9.74. The molecule has 1 aromatic rings. The minimum atomic E-state index is -0.637. The van der Waals surface area contributed by atoms with Crippen LogP contribution in [-0.4, -0.2) is 18.8 Å². The summed E-state index contributed by atoms with van der Waals surface area (Å²) in [6.07, 6.45) is 0.904. The molecule has 2 unspecified atom stereocenters. The number of ether oxygens (including phenoxy) is 1. The molecular formula is C13H15ClN2O. The van der Waals surface area contributed by atoms with Crippen molar-refractivity contribution < 1.29 is 4.74 Å². The second-order valence-electron chi connectivity index (χ2n) is 4.48. The van der Waals surface area contributed by atoms with E-state index in [0.29, 0.717) is 11.6 Å². The second-order valence-corrected chi connectivity index (χ2v) is 4.89. The molecule has 2 atom stereocenters. The van der Waals surface area contributed by atoms with Crippen LogP contribution >= 0.6 is 11.6 Å². The van der Waals surface area contributed by atoms with Gasteiger partial charge in [0.15, 0.2) is 0 Å². The monoisotopic (exact) mass is 250 g/mol. The van der Waals surface area contributed by atoms with Crippen molar-refractivity contribution in [2.24, 2.45) is 5.92 Å². The Morgan fingerprint density at radius 1 is 1.53 bits per heavy atom. The second kappa shape index (κ2) is 4.95. The van der Waals surface area contributed by atoms with Gasteiger partial charge in [-0.15, -0.1) is 0 Å². The molecule has 0 radical (unpaired) electrons. The molecular weight excluding hydrogens is 236 g/mol. The van der Waals surface area contributed by atoms with Crippen LogP contribution in [0.5, 0.6) is 0 Å². The molecule has 0 amide bonds. The van der Waals surface area contributed by atoms with Gasteiger partial charge in [0.1, 0.15) is 5.54 Å². The van der Waals surface area contributed by atoms with E-state index in [1.165, 1.54) is 0 Å². The Bertz CT molecular complexity index is 437. The third kappa shape index (κ3) is 2.54. The normalized spacial score (nSPS) is 22.8. The molecule has 1 fully saturated rings. The van der Waals surface area contributed by atoms with Gasteiger partial charge in [-0.2, -0.15) is 5.26 Å². The highest BCUT2D eigenvalue weighted by molar-refractivity contribution is 6.33. The van der Waals surface area contributed by atoms with Gasteiger partial charge in [0.25, 0.3) is 0 Å². The van der Waals surface area contributed by atoms with Gasteiger partial charge in [-0.25, -0.2) is 0 Å². The molecule has 0 spiro atoms. The largest absolute Gasteiger partial charge is 0.381 e. The van der Waals surface area contributed by atoms with Crippen LogP contribution in [0, 0.1) is 17.2 Å². The molecule has 0 bridgehead atoms.